The molecule has 0 aliphatic carbocycles. The van der Waals surface area contributed by atoms with Crippen LogP contribution in [0.25, 0.3) is 0 Å². The number of halogens is 1. The second-order valence-electron chi connectivity index (χ2n) is 6.66. The van der Waals surface area contributed by atoms with Crippen LogP contribution in [0.1, 0.15) is 19.4 Å². The first-order valence-electron chi connectivity index (χ1n) is 7.18. The summed E-state index contributed by atoms with van der Waals surface area (Å²) in [7, 11) is -3.52. The first-order valence-corrected chi connectivity index (χ1v) is 9.00. The minimum Gasteiger partial charge on any atom is -0.350 e. The standard InChI is InChI=1S/C15H20ClNO4S/c1-11-4-5-12(16)6-13(11)22(18,19)17-7-15(8-17)9-20-14(2,3)21-10-15/h4-6H,7-10H2,1-3H3. The Hall–Kier alpha value is -0.660. The van der Waals surface area contributed by atoms with Crippen molar-refractivity contribution in [1.82, 2.24) is 4.31 Å². The molecule has 0 atom stereocenters. The van der Waals surface area contributed by atoms with Gasteiger partial charge in [-0.25, -0.2) is 8.42 Å². The van der Waals surface area contributed by atoms with Crippen LogP contribution in [0, 0.1) is 12.3 Å². The van der Waals surface area contributed by atoms with Crippen LogP contribution in [0.5, 0.6) is 0 Å². The molecule has 1 aromatic rings. The maximum Gasteiger partial charge on any atom is 0.243 e. The van der Waals surface area contributed by atoms with Crippen molar-refractivity contribution in [3.05, 3.63) is 28.8 Å². The number of hydrogen-bond donors (Lipinski definition) is 0. The molecule has 1 spiro atoms. The van der Waals surface area contributed by atoms with E-state index < -0.39 is 15.8 Å². The van der Waals surface area contributed by atoms with E-state index in [1.165, 1.54) is 10.4 Å². The third kappa shape index (κ3) is 2.78. The number of sulfonamides is 1. The monoisotopic (exact) mass is 345 g/mol. The van der Waals surface area contributed by atoms with E-state index in [-0.39, 0.29) is 10.3 Å². The molecule has 0 unspecified atom stereocenters. The van der Waals surface area contributed by atoms with E-state index in [4.69, 9.17) is 21.1 Å². The summed E-state index contributed by atoms with van der Waals surface area (Å²) in [5.41, 5.74) is 0.470. The van der Waals surface area contributed by atoms with E-state index in [0.717, 1.165) is 0 Å². The van der Waals surface area contributed by atoms with Gasteiger partial charge in [-0.1, -0.05) is 17.7 Å². The Morgan fingerprint density at radius 3 is 2.36 bits per heavy atom. The summed E-state index contributed by atoms with van der Waals surface area (Å²) in [5, 5.41) is 0.422. The Labute approximate surface area is 136 Å². The van der Waals surface area contributed by atoms with Crippen LogP contribution >= 0.6 is 11.6 Å². The van der Waals surface area contributed by atoms with Crippen LogP contribution < -0.4 is 0 Å². The predicted octanol–water partition coefficient (Wildman–Crippen LogP) is 2.42. The Kier molecular flexibility index (Phi) is 3.81. The molecule has 3 rings (SSSR count). The highest BCUT2D eigenvalue weighted by molar-refractivity contribution is 7.89. The van der Waals surface area contributed by atoms with Gasteiger partial charge in [-0.2, -0.15) is 4.31 Å². The molecular formula is C15H20ClNO4S. The zero-order valence-electron chi connectivity index (χ0n) is 12.9. The van der Waals surface area contributed by atoms with Crippen LogP contribution in [0.2, 0.25) is 5.02 Å². The lowest BCUT2D eigenvalue weighted by Gasteiger charge is -2.53. The van der Waals surface area contributed by atoms with Gasteiger partial charge in [0, 0.05) is 23.5 Å². The molecule has 7 heteroatoms. The van der Waals surface area contributed by atoms with Crippen molar-refractivity contribution >= 4 is 21.6 Å². The Balaban J connectivity index is 1.76. The molecule has 0 amide bonds. The minimum absolute atomic E-state index is 0.227. The fourth-order valence-corrected chi connectivity index (χ4v) is 4.94. The van der Waals surface area contributed by atoms with E-state index in [2.05, 4.69) is 0 Å². The summed E-state index contributed by atoms with van der Waals surface area (Å²) in [6.45, 7) is 7.36. The number of aryl methyl sites for hydroxylation is 1. The normalized spacial score (nSPS) is 24.2. The fourth-order valence-electron chi connectivity index (χ4n) is 2.78. The van der Waals surface area contributed by atoms with Gasteiger partial charge in [0.15, 0.2) is 5.79 Å². The molecule has 2 heterocycles. The van der Waals surface area contributed by atoms with Gasteiger partial charge in [-0.15, -0.1) is 0 Å². The summed E-state index contributed by atoms with van der Waals surface area (Å²) < 4.78 is 38.3. The van der Waals surface area contributed by atoms with Gasteiger partial charge in [0.05, 0.1) is 18.1 Å². The Morgan fingerprint density at radius 2 is 1.77 bits per heavy atom. The second kappa shape index (κ2) is 5.18. The highest BCUT2D eigenvalue weighted by Gasteiger charge is 2.52. The zero-order valence-corrected chi connectivity index (χ0v) is 14.5. The molecule has 0 N–H and O–H groups in total. The molecule has 2 saturated heterocycles. The Bertz CT molecular complexity index is 683. The SMILES string of the molecule is Cc1ccc(Cl)cc1S(=O)(=O)N1CC2(COC(C)(C)OC2)C1. The van der Waals surface area contributed by atoms with Gasteiger partial charge < -0.3 is 9.47 Å². The first kappa shape index (κ1) is 16.2. The van der Waals surface area contributed by atoms with Crippen molar-refractivity contribution in [3.8, 4) is 0 Å². The molecule has 0 aromatic heterocycles. The van der Waals surface area contributed by atoms with E-state index in [1.54, 1.807) is 19.1 Å². The predicted molar refractivity (Wildman–Crippen MR) is 83.4 cm³/mol. The molecule has 5 nitrogen and oxygen atoms in total. The van der Waals surface area contributed by atoms with E-state index >= 15 is 0 Å². The third-order valence-electron chi connectivity index (χ3n) is 4.24. The van der Waals surface area contributed by atoms with Gasteiger partial charge in [0.25, 0.3) is 0 Å². The van der Waals surface area contributed by atoms with E-state index in [1.807, 2.05) is 13.8 Å². The van der Waals surface area contributed by atoms with Gasteiger partial charge in [0.1, 0.15) is 0 Å². The maximum atomic E-state index is 12.7. The highest BCUT2D eigenvalue weighted by Crippen LogP contribution is 2.40. The first-order chi connectivity index (χ1) is 10.1. The average Bonchev–Trinajstić information content (AvgIpc) is 2.39. The molecule has 0 radical (unpaired) electrons. The topological polar surface area (TPSA) is 55.8 Å². The molecule has 0 bridgehead atoms. The lowest BCUT2D eigenvalue weighted by molar-refractivity contribution is -0.299. The number of rotatable bonds is 2. The van der Waals surface area contributed by atoms with E-state index in [0.29, 0.717) is 36.9 Å². The Morgan fingerprint density at radius 1 is 1.18 bits per heavy atom. The molecule has 122 valence electrons. The summed E-state index contributed by atoms with van der Waals surface area (Å²) >= 11 is 5.94. The lowest BCUT2D eigenvalue weighted by atomic mass is 9.82. The highest BCUT2D eigenvalue weighted by atomic mass is 35.5. The van der Waals surface area contributed by atoms with Gasteiger partial charge >= 0.3 is 0 Å². The number of benzene rings is 1. The van der Waals surface area contributed by atoms with Crippen molar-refractivity contribution in [2.24, 2.45) is 5.41 Å². The molecule has 2 fully saturated rings. The molecule has 0 saturated carbocycles. The third-order valence-corrected chi connectivity index (χ3v) is 6.41. The van der Waals surface area contributed by atoms with Gasteiger partial charge in [-0.3, -0.25) is 0 Å². The van der Waals surface area contributed by atoms with E-state index in [9.17, 15) is 8.42 Å². The molecule has 2 aliphatic rings. The molecule has 1 aromatic carbocycles. The zero-order chi connectivity index (χ0) is 16.2. The summed E-state index contributed by atoms with van der Waals surface area (Å²) in [4.78, 5) is 0.271. The summed E-state index contributed by atoms with van der Waals surface area (Å²) in [6.07, 6.45) is 0. The molecule has 2 aliphatic heterocycles. The fraction of sp³-hybridized carbons (Fsp3) is 0.600. The van der Waals surface area contributed by atoms with Crippen LogP contribution in [0.15, 0.2) is 23.1 Å². The lowest BCUT2D eigenvalue weighted by Crippen LogP contribution is -2.65. The van der Waals surface area contributed by atoms with Gasteiger partial charge in [-0.05, 0) is 38.5 Å². The van der Waals surface area contributed by atoms with Crippen molar-refractivity contribution in [1.29, 1.82) is 0 Å². The van der Waals surface area contributed by atoms with Crippen molar-refractivity contribution in [3.63, 3.8) is 0 Å². The average molecular weight is 346 g/mol. The smallest absolute Gasteiger partial charge is 0.243 e. The van der Waals surface area contributed by atoms with Crippen molar-refractivity contribution in [2.75, 3.05) is 26.3 Å². The van der Waals surface area contributed by atoms with Crippen LogP contribution in [-0.4, -0.2) is 44.8 Å². The number of hydrogen-bond acceptors (Lipinski definition) is 4. The second-order valence-corrected chi connectivity index (χ2v) is 9.00. The van der Waals surface area contributed by atoms with Crippen LogP contribution in [0.4, 0.5) is 0 Å². The summed E-state index contributed by atoms with van der Waals surface area (Å²) in [5.74, 6) is -0.589. The molecule has 22 heavy (non-hydrogen) atoms. The van der Waals surface area contributed by atoms with Crippen molar-refractivity contribution < 1.29 is 17.9 Å². The van der Waals surface area contributed by atoms with Crippen LogP contribution in [0.3, 0.4) is 0 Å². The van der Waals surface area contributed by atoms with Gasteiger partial charge in [0.2, 0.25) is 10.0 Å². The van der Waals surface area contributed by atoms with Crippen LogP contribution in [-0.2, 0) is 19.5 Å². The van der Waals surface area contributed by atoms with Crippen molar-refractivity contribution in [2.45, 2.75) is 31.5 Å². The minimum atomic E-state index is -3.52. The quantitative estimate of drug-likeness (QED) is 0.826. The maximum absolute atomic E-state index is 12.7. The number of nitrogens with zero attached hydrogens (tertiary/aromatic N) is 1. The molecular weight excluding hydrogens is 326 g/mol. The number of ether oxygens (including phenoxy) is 2. The summed E-state index contributed by atoms with van der Waals surface area (Å²) in [6, 6.07) is 4.92. The largest absolute Gasteiger partial charge is 0.350 e.